The molecule has 2 rings (SSSR count). The minimum absolute atomic E-state index is 0.0560. The van der Waals surface area contributed by atoms with Crippen molar-refractivity contribution < 1.29 is 5.11 Å². The number of hydrogen-bond acceptors (Lipinski definition) is 8. The fourth-order valence-electron chi connectivity index (χ4n) is 1.57. The van der Waals surface area contributed by atoms with Crippen LogP contribution >= 0.6 is 0 Å². The second-order valence-corrected chi connectivity index (χ2v) is 4.21. The highest BCUT2D eigenvalue weighted by atomic mass is 16.3. The highest BCUT2D eigenvalue weighted by Crippen LogP contribution is 2.10. The molecule has 108 valence electrons. The summed E-state index contributed by atoms with van der Waals surface area (Å²) in [6.07, 6.45) is 3.55. The molecule has 9 nitrogen and oxygen atoms in total. The van der Waals surface area contributed by atoms with E-state index in [2.05, 4.69) is 35.7 Å². The summed E-state index contributed by atoms with van der Waals surface area (Å²) in [4.78, 5) is 16.7. The van der Waals surface area contributed by atoms with Crippen molar-refractivity contribution in [2.75, 3.05) is 23.8 Å². The topological polar surface area (TPSA) is 114 Å². The largest absolute Gasteiger partial charge is 0.396 e. The van der Waals surface area contributed by atoms with Gasteiger partial charge in [0, 0.05) is 19.2 Å². The zero-order valence-corrected chi connectivity index (χ0v) is 11.5. The molecule has 0 aliphatic heterocycles. The third-order valence-electron chi connectivity index (χ3n) is 2.52. The normalized spacial score (nSPS) is 12.2. The summed E-state index contributed by atoms with van der Waals surface area (Å²) < 4.78 is 1.46. The van der Waals surface area contributed by atoms with Gasteiger partial charge in [-0.2, -0.15) is 24.7 Å². The molecule has 20 heavy (non-hydrogen) atoms. The molecule has 0 aromatic carbocycles. The number of aliphatic hydroxyl groups is 1. The molecule has 0 fully saturated rings. The number of aliphatic hydroxyl groups excluding tert-OH is 1. The zero-order valence-electron chi connectivity index (χ0n) is 11.5. The van der Waals surface area contributed by atoms with E-state index in [1.54, 1.807) is 0 Å². The molecular formula is C11H18N8O. The van der Waals surface area contributed by atoms with E-state index in [-0.39, 0.29) is 12.6 Å². The van der Waals surface area contributed by atoms with Crippen molar-refractivity contribution in [2.24, 2.45) is 0 Å². The van der Waals surface area contributed by atoms with Crippen LogP contribution in [-0.2, 0) is 0 Å². The number of nitrogens with one attached hydrogen (secondary N) is 2. The van der Waals surface area contributed by atoms with Crippen LogP contribution in [0.2, 0.25) is 0 Å². The Hall–Kier alpha value is -2.29. The smallest absolute Gasteiger partial charge is 0.258 e. The van der Waals surface area contributed by atoms with Gasteiger partial charge in [-0.1, -0.05) is 0 Å². The van der Waals surface area contributed by atoms with Crippen LogP contribution in [0.5, 0.6) is 0 Å². The first kappa shape index (κ1) is 14.1. The molecule has 3 N–H and O–H groups in total. The molecule has 0 aliphatic carbocycles. The van der Waals surface area contributed by atoms with E-state index < -0.39 is 0 Å². The summed E-state index contributed by atoms with van der Waals surface area (Å²) in [5.74, 6) is 1.28. The van der Waals surface area contributed by atoms with E-state index in [1.165, 1.54) is 17.3 Å². The molecule has 1 unspecified atom stereocenters. The van der Waals surface area contributed by atoms with E-state index in [0.717, 1.165) is 0 Å². The van der Waals surface area contributed by atoms with Gasteiger partial charge in [0.1, 0.15) is 12.7 Å². The Balaban J connectivity index is 2.26. The summed E-state index contributed by atoms with van der Waals surface area (Å²) in [6.45, 7) is 4.71. The van der Waals surface area contributed by atoms with E-state index in [0.29, 0.717) is 30.8 Å². The van der Waals surface area contributed by atoms with E-state index >= 15 is 0 Å². The number of hydrogen-bond donors (Lipinski definition) is 3. The molecule has 0 amide bonds. The summed E-state index contributed by atoms with van der Waals surface area (Å²) in [5, 5.41) is 19.1. The zero-order chi connectivity index (χ0) is 14.4. The fraction of sp³-hybridized carbons (Fsp3) is 0.545. The molecule has 0 saturated carbocycles. The lowest BCUT2D eigenvalue weighted by Crippen LogP contribution is -2.20. The van der Waals surface area contributed by atoms with Crippen molar-refractivity contribution in [3.05, 3.63) is 12.7 Å². The van der Waals surface area contributed by atoms with Crippen LogP contribution in [0.4, 0.5) is 11.9 Å². The predicted molar refractivity (Wildman–Crippen MR) is 73.7 cm³/mol. The van der Waals surface area contributed by atoms with Gasteiger partial charge in [0.25, 0.3) is 5.95 Å². The van der Waals surface area contributed by atoms with Crippen molar-refractivity contribution in [1.82, 2.24) is 29.7 Å². The van der Waals surface area contributed by atoms with Crippen molar-refractivity contribution in [3.63, 3.8) is 0 Å². The van der Waals surface area contributed by atoms with Gasteiger partial charge in [-0.05, 0) is 20.3 Å². The summed E-state index contributed by atoms with van der Waals surface area (Å²) in [7, 11) is 0. The van der Waals surface area contributed by atoms with Gasteiger partial charge in [0.2, 0.25) is 11.9 Å². The van der Waals surface area contributed by atoms with Gasteiger partial charge < -0.3 is 15.7 Å². The maximum absolute atomic E-state index is 8.93. The lowest BCUT2D eigenvalue weighted by atomic mass is 10.2. The first-order chi connectivity index (χ1) is 9.72. The number of aromatic nitrogens is 6. The molecule has 2 aromatic rings. The van der Waals surface area contributed by atoms with Gasteiger partial charge in [0.15, 0.2) is 0 Å². The van der Waals surface area contributed by atoms with Crippen molar-refractivity contribution >= 4 is 11.9 Å². The summed E-state index contributed by atoms with van der Waals surface area (Å²) in [6, 6.07) is 0.0560. The van der Waals surface area contributed by atoms with Crippen LogP contribution in [0.3, 0.4) is 0 Å². The second kappa shape index (κ2) is 6.75. The molecule has 0 saturated heterocycles. The molecule has 2 heterocycles. The van der Waals surface area contributed by atoms with Crippen LogP contribution in [0.15, 0.2) is 12.7 Å². The Morgan fingerprint density at radius 3 is 2.75 bits per heavy atom. The molecule has 0 aliphatic rings. The Morgan fingerprint density at radius 1 is 1.30 bits per heavy atom. The molecule has 0 spiro atoms. The molecule has 2 aromatic heterocycles. The van der Waals surface area contributed by atoms with Crippen molar-refractivity contribution in [2.45, 2.75) is 26.3 Å². The maximum Gasteiger partial charge on any atom is 0.258 e. The third kappa shape index (κ3) is 3.60. The summed E-state index contributed by atoms with van der Waals surface area (Å²) >= 11 is 0. The minimum atomic E-state index is 0.0560. The number of anilines is 2. The molecule has 0 bridgehead atoms. The average molecular weight is 278 g/mol. The number of rotatable bonds is 7. The second-order valence-electron chi connectivity index (χ2n) is 4.21. The van der Waals surface area contributed by atoms with Crippen LogP contribution in [-0.4, -0.2) is 54.0 Å². The Morgan fingerprint density at radius 2 is 2.10 bits per heavy atom. The lowest BCUT2D eigenvalue weighted by Gasteiger charge is -2.13. The van der Waals surface area contributed by atoms with Crippen LogP contribution in [0.1, 0.15) is 20.3 Å². The lowest BCUT2D eigenvalue weighted by molar-refractivity contribution is 0.282. The van der Waals surface area contributed by atoms with Gasteiger partial charge >= 0.3 is 0 Å². The number of nitrogens with zero attached hydrogens (tertiary/aromatic N) is 6. The Kier molecular flexibility index (Phi) is 4.77. The molecular weight excluding hydrogens is 260 g/mol. The molecule has 9 heteroatoms. The quantitative estimate of drug-likeness (QED) is 0.652. The average Bonchev–Trinajstić information content (AvgIpc) is 2.93. The van der Waals surface area contributed by atoms with Crippen LogP contribution in [0.25, 0.3) is 5.95 Å². The van der Waals surface area contributed by atoms with Crippen LogP contribution in [0, 0.1) is 0 Å². The van der Waals surface area contributed by atoms with Gasteiger partial charge in [0.05, 0.1) is 0 Å². The van der Waals surface area contributed by atoms with Crippen molar-refractivity contribution in [3.8, 4) is 5.95 Å². The highest BCUT2D eigenvalue weighted by Gasteiger charge is 2.10. The fourth-order valence-corrected chi connectivity index (χ4v) is 1.57. The van der Waals surface area contributed by atoms with Gasteiger partial charge in [-0.25, -0.2) is 4.98 Å². The molecule has 1 atom stereocenters. The van der Waals surface area contributed by atoms with Gasteiger partial charge in [-0.3, -0.25) is 0 Å². The Labute approximate surface area is 116 Å². The maximum atomic E-state index is 8.93. The monoisotopic (exact) mass is 278 g/mol. The van der Waals surface area contributed by atoms with E-state index in [4.69, 9.17) is 5.11 Å². The predicted octanol–water partition coefficient (Wildman–Crippen LogP) is 0.0669. The Bertz CT molecular complexity index is 529. The van der Waals surface area contributed by atoms with Crippen LogP contribution < -0.4 is 10.6 Å². The van der Waals surface area contributed by atoms with Crippen molar-refractivity contribution in [1.29, 1.82) is 0 Å². The highest BCUT2D eigenvalue weighted by molar-refractivity contribution is 5.38. The first-order valence-electron chi connectivity index (χ1n) is 6.45. The van der Waals surface area contributed by atoms with E-state index in [1.807, 2.05) is 13.8 Å². The van der Waals surface area contributed by atoms with Gasteiger partial charge in [-0.15, -0.1) is 0 Å². The standard InChI is InChI=1S/C11H18N8O/c1-3-13-9-16-10(15-8(2)4-5-20)18-11(17-9)19-7-12-6-14-19/h6-8,20H,3-5H2,1-2H3,(H2,13,15,16,17,18). The summed E-state index contributed by atoms with van der Waals surface area (Å²) in [5.41, 5.74) is 0. The van der Waals surface area contributed by atoms with E-state index in [9.17, 15) is 0 Å². The first-order valence-corrected chi connectivity index (χ1v) is 6.45. The molecule has 0 radical (unpaired) electrons. The SMILES string of the molecule is CCNc1nc(NC(C)CCO)nc(-n2cncn2)n1. The third-order valence-corrected chi connectivity index (χ3v) is 2.52. The minimum Gasteiger partial charge on any atom is -0.396 e.